The first-order valence-corrected chi connectivity index (χ1v) is 4.47. The van der Waals surface area contributed by atoms with Gasteiger partial charge in [-0.05, 0) is 18.6 Å². The third-order valence-corrected chi connectivity index (χ3v) is 2.26. The maximum atomic E-state index is 11.7. The summed E-state index contributed by atoms with van der Waals surface area (Å²) in [6, 6.07) is 0. The fraction of sp³-hybridized carbons (Fsp3) is 0.300. The first kappa shape index (κ1) is 8.10. The molecule has 0 aromatic rings. The number of fused-ring (bicyclic) bond motifs is 1. The van der Waals surface area contributed by atoms with E-state index in [1.54, 1.807) is 11.2 Å². The van der Waals surface area contributed by atoms with Crippen LogP contribution >= 0.6 is 0 Å². The van der Waals surface area contributed by atoms with Gasteiger partial charge in [0.1, 0.15) is 0 Å². The summed E-state index contributed by atoms with van der Waals surface area (Å²) in [6.45, 7) is 2.79. The lowest BCUT2D eigenvalue weighted by Gasteiger charge is -2.36. The molecule has 0 saturated heterocycles. The first-order chi connectivity index (χ1) is 6.33. The van der Waals surface area contributed by atoms with E-state index >= 15 is 0 Å². The van der Waals surface area contributed by atoms with Crippen LogP contribution in [0.3, 0.4) is 0 Å². The Morgan fingerprint density at radius 3 is 2.92 bits per heavy atom. The molecule has 0 fully saturated rings. The zero-order valence-corrected chi connectivity index (χ0v) is 7.60. The van der Waals surface area contributed by atoms with Gasteiger partial charge in [-0.3, -0.25) is 9.80 Å². The topological polar surface area (TPSA) is 23.6 Å². The fourth-order valence-electron chi connectivity index (χ4n) is 1.50. The van der Waals surface area contributed by atoms with Gasteiger partial charge in [0, 0.05) is 18.0 Å². The smallest absolute Gasteiger partial charge is 0.272 e. The second kappa shape index (κ2) is 3.09. The Labute approximate surface area is 77.6 Å². The molecule has 0 unspecified atom stereocenters. The summed E-state index contributed by atoms with van der Waals surface area (Å²) in [7, 11) is 0. The van der Waals surface area contributed by atoms with Gasteiger partial charge < -0.3 is 0 Å². The Bertz CT molecular complexity index is 315. The van der Waals surface area contributed by atoms with E-state index in [2.05, 4.69) is 0 Å². The van der Waals surface area contributed by atoms with Crippen molar-refractivity contribution in [3.63, 3.8) is 0 Å². The molecule has 0 saturated carbocycles. The van der Waals surface area contributed by atoms with Crippen molar-refractivity contribution in [2.45, 2.75) is 13.3 Å². The van der Waals surface area contributed by atoms with Gasteiger partial charge in [-0.25, -0.2) is 5.01 Å². The van der Waals surface area contributed by atoms with E-state index in [-0.39, 0.29) is 5.91 Å². The monoisotopic (exact) mass is 176 g/mol. The van der Waals surface area contributed by atoms with E-state index < -0.39 is 0 Å². The minimum atomic E-state index is 0.0920. The van der Waals surface area contributed by atoms with Gasteiger partial charge in [-0.2, -0.15) is 0 Å². The van der Waals surface area contributed by atoms with Crippen molar-refractivity contribution in [1.29, 1.82) is 0 Å². The number of amides is 1. The lowest BCUT2D eigenvalue weighted by Crippen LogP contribution is -2.44. The van der Waals surface area contributed by atoms with Crippen LogP contribution in [0.2, 0.25) is 0 Å². The van der Waals surface area contributed by atoms with Gasteiger partial charge in [0.2, 0.25) is 0 Å². The predicted molar refractivity (Wildman–Crippen MR) is 50.2 cm³/mol. The summed E-state index contributed by atoms with van der Waals surface area (Å²) in [4.78, 5) is 11.7. The van der Waals surface area contributed by atoms with Crippen LogP contribution in [0.15, 0.2) is 36.2 Å². The van der Waals surface area contributed by atoms with Crippen LogP contribution in [0.5, 0.6) is 0 Å². The van der Waals surface area contributed by atoms with Crippen LogP contribution in [0.1, 0.15) is 13.3 Å². The van der Waals surface area contributed by atoms with Crippen LogP contribution in [-0.4, -0.2) is 22.5 Å². The highest BCUT2D eigenvalue weighted by Gasteiger charge is 2.24. The molecule has 3 nitrogen and oxygen atoms in total. The number of carbonyl (C=O) groups is 1. The number of rotatable bonds is 1. The molecule has 3 heteroatoms. The molecule has 0 radical (unpaired) electrons. The average molecular weight is 176 g/mol. The van der Waals surface area contributed by atoms with Crippen molar-refractivity contribution in [1.82, 2.24) is 10.0 Å². The van der Waals surface area contributed by atoms with Gasteiger partial charge in [-0.1, -0.05) is 13.0 Å². The second-order valence-electron chi connectivity index (χ2n) is 3.04. The van der Waals surface area contributed by atoms with Crippen LogP contribution in [0, 0.1) is 0 Å². The fourth-order valence-corrected chi connectivity index (χ4v) is 1.50. The second-order valence-corrected chi connectivity index (χ2v) is 3.04. The zero-order valence-electron chi connectivity index (χ0n) is 7.60. The highest BCUT2D eigenvalue weighted by atomic mass is 16.2. The van der Waals surface area contributed by atoms with E-state index in [9.17, 15) is 4.79 Å². The molecule has 0 aliphatic carbocycles. The standard InChI is InChI=1S/C10H12N2O/c1-2-9-5-8-11-6-3-4-7-12(11)10(9)13/h3-7H,2,8H2,1H3. The Morgan fingerprint density at radius 1 is 1.38 bits per heavy atom. The van der Waals surface area contributed by atoms with Crippen molar-refractivity contribution >= 4 is 5.91 Å². The molecule has 13 heavy (non-hydrogen) atoms. The summed E-state index contributed by atoms with van der Waals surface area (Å²) in [5.41, 5.74) is 0.899. The van der Waals surface area contributed by atoms with Crippen molar-refractivity contribution in [2.24, 2.45) is 0 Å². The SMILES string of the molecule is CCC1=CCN2C=CC=CN2C1=O. The molecular weight excluding hydrogens is 164 g/mol. The molecule has 0 spiro atoms. The minimum absolute atomic E-state index is 0.0920. The highest BCUT2D eigenvalue weighted by Crippen LogP contribution is 2.18. The molecular formula is C10H12N2O. The lowest BCUT2D eigenvalue weighted by molar-refractivity contribution is -0.135. The van der Waals surface area contributed by atoms with Crippen LogP contribution < -0.4 is 0 Å². The largest absolute Gasteiger partial charge is 0.282 e. The minimum Gasteiger partial charge on any atom is -0.282 e. The Hall–Kier alpha value is -1.51. The molecule has 2 aliphatic heterocycles. The van der Waals surface area contributed by atoms with E-state index in [0.717, 1.165) is 18.5 Å². The van der Waals surface area contributed by atoms with Gasteiger partial charge in [0.05, 0.1) is 6.54 Å². The number of allylic oxidation sites excluding steroid dienone is 2. The van der Waals surface area contributed by atoms with E-state index in [4.69, 9.17) is 0 Å². The van der Waals surface area contributed by atoms with Gasteiger partial charge in [0.15, 0.2) is 0 Å². The summed E-state index contributed by atoms with van der Waals surface area (Å²) in [5.74, 6) is 0.0920. The summed E-state index contributed by atoms with van der Waals surface area (Å²) >= 11 is 0. The molecule has 0 N–H and O–H groups in total. The van der Waals surface area contributed by atoms with Crippen molar-refractivity contribution in [3.8, 4) is 0 Å². The molecule has 0 bridgehead atoms. The Balaban J connectivity index is 2.28. The quantitative estimate of drug-likeness (QED) is 0.603. The van der Waals surface area contributed by atoms with E-state index in [1.807, 2.05) is 36.4 Å². The zero-order chi connectivity index (χ0) is 9.26. The highest BCUT2D eigenvalue weighted by molar-refractivity contribution is 5.94. The third-order valence-electron chi connectivity index (χ3n) is 2.26. The molecule has 0 atom stereocenters. The number of hydrazine groups is 1. The van der Waals surface area contributed by atoms with Gasteiger partial charge in [0.25, 0.3) is 5.91 Å². The van der Waals surface area contributed by atoms with E-state index in [0.29, 0.717) is 0 Å². The van der Waals surface area contributed by atoms with E-state index in [1.165, 1.54) is 0 Å². The van der Waals surface area contributed by atoms with Gasteiger partial charge >= 0.3 is 0 Å². The number of carbonyl (C=O) groups excluding carboxylic acids is 1. The lowest BCUT2D eigenvalue weighted by atomic mass is 10.1. The molecule has 2 rings (SSSR count). The summed E-state index contributed by atoms with van der Waals surface area (Å²) in [5, 5.41) is 3.54. The molecule has 68 valence electrons. The average Bonchev–Trinajstić information content (AvgIpc) is 2.19. The summed E-state index contributed by atoms with van der Waals surface area (Å²) < 4.78 is 0. The molecule has 0 aromatic heterocycles. The third kappa shape index (κ3) is 1.26. The number of hydrogen-bond acceptors (Lipinski definition) is 2. The van der Waals surface area contributed by atoms with Crippen molar-refractivity contribution < 1.29 is 4.79 Å². The summed E-state index contributed by atoms with van der Waals surface area (Å²) in [6.07, 6.45) is 10.3. The van der Waals surface area contributed by atoms with Crippen LogP contribution in [0.4, 0.5) is 0 Å². The van der Waals surface area contributed by atoms with Crippen molar-refractivity contribution in [3.05, 3.63) is 36.2 Å². The molecule has 0 aromatic carbocycles. The Morgan fingerprint density at radius 2 is 2.15 bits per heavy atom. The number of hydrogen-bond donors (Lipinski definition) is 0. The first-order valence-electron chi connectivity index (χ1n) is 4.47. The molecule has 2 heterocycles. The maximum absolute atomic E-state index is 11.7. The Kier molecular flexibility index (Phi) is 1.93. The molecule has 1 amide bonds. The van der Waals surface area contributed by atoms with Crippen molar-refractivity contribution in [2.75, 3.05) is 6.54 Å². The van der Waals surface area contributed by atoms with Gasteiger partial charge in [-0.15, -0.1) is 0 Å². The predicted octanol–water partition coefficient (Wildman–Crippen LogP) is 1.42. The number of nitrogens with zero attached hydrogens (tertiary/aromatic N) is 2. The maximum Gasteiger partial charge on any atom is 0.272 e. The molecule has 2 aliphatic rings. The van der Waals surface area contributed by atoms with Crippen LogP contribution in [-0.2, 0) is 4.79 Å². The van der Waals surface area contributed by atoms with Crippen LogP contribution in [0.25, 0.3) is 0 Å². The normalized spacial score (nSPS) is 20.4.